The largest absolute Gasteiger partial charge is 0.382 e. The summed E-state index contributed by atoms with van der Waals surface area (Å²) in [6.45, 7) is 1.89. The first kappa shape index (κ1) is 12.3. The lowest BCUT2D eigenvalue weighted by atomic mass is 10.2. The van der Waals surface area contributed by atoms with Gasteiger partial charge in [0, 0.05) is 37.0 Å². The van der Waals surface area contributed by atoms with E-state index in [1.54, 1.807) is 12.3 Å². The van der Waals surface area contributed by atoms with Crippen LogP contribution in [0.3, 0.4) is 0 Å². The van der Waals surface area contributed by atoms with Gasteiger partial charge in [0.2, 0.25) is 0 Å². The number of aromatic nitrogens is 4. The highest BCUT2D eigenvalue weighted by atomic mass is 15.2. The van der Waals surface area contributed by atoms with Crippen LogP contribution in [-0.2, 0) is 0 Å². The van der Waals surface area contributed by atoms with Crippen LogP contribution in [0.5, 0.6) is 0 Å². The molecule has 100 valence electrons. The molecule has 2 N–H and O–H groups in total. The molecule has 0 amide bonds. The highest BCUT2D eigenvalue weighted by Gasteiger charge is 2.11. The molecule has 6 heteroatoms. The van der Waals surface area contributed by atoms with Crippen LogP contribution in [0.15, 0.2) is 36.7 Å². The molecule has 0 saturated carbocycles. The first-order valence-corrected chi connectivity index (χ1v) is 6.19. The first-order valence-electron chi connectivity index (χ1n) is 6.19. The van der Waals surface area contributed by atoms with E-state index >= 15 is 0 Å². The van der Waals surface area contributed by atoms with Crippen molar-refractivity contribution >= 4 is 28.2 Å². The van der Waals surface area contributed by atoms with Gasteiger partial charge in [-0.3, -0.25) is 4.98 Å². The average Bonchev–Trinajstić information content (AvgIpc) is 2.48. The van der Waals surface area contributed by atoms with Crippen molar-refractivity contribution in [1.29, 1.82) is 0 Å². The van der Waals surface area contributed by atoms with Gasteiger partial charge in [-0.05, 0) is 19.1 Å². The summed E-state index contributed by atoms with van der Waals surface area (Å²) < 4.78 is 0. The van der Waals surface area contributed by atoms with Gasteiger partial charge in [0.15, 0.2) is 0 Å². The van der Waals surface area contributed by atoms with Gasteiger partial charge in [0.1, 0.15) is 11.6 Å². The quantitative estimate of drug-likeness (QED) is 0.764. The number of hydrogen-bond acceptors (Lipinski definition) is 6. The number of anilines is 3. The molecule has 3 heterocycles. The third-order valence-electron chi connectivity index (χ3n) is 3.15. The molecule has 0 aliphatic rings. The molecule has 0 spiro atoms. The van der Waals surface area contributed by atoms with Crippen LogP contribution in [0.2, 0.25) is 0 Å². The Bertz CT molecular complexity index is 770. The number of rotatable bonds is 2. The summed E-state index contributed by atoms with van der Waals surface area (Å²) in [6.07, 6.45) is 3.57. The third-order valence-corrected chi connectivity index (χ3v) is 3.15. The minimum Gasteiger partial charge on any atom is -0.382 e. The second-order valence-corrected chi connectivity index (χ2v) is 4.54. The predicted octanol–water partition coefficient (Wildman–Crippen LogP) is 2.08. The summed E-state index contributed by atoms with van der Waals surface area (Å²) in [6, 6.07) is 7.60. The van der Waals surface area contributed by atoms with Crippen molar-refractivity contribution in [3.63, 3.8) is 0 Å². The highest BCUT2D eigenvalue weighted by molar-refractivity contribution is 5.81. The van der Waals surface area contributed by atoms with Crippen LogP contribution in [-0.4, -0.2) is 27.2 Å². The standard InChI is InChI=1S/C14H14N6/c1-9-12(7-13(15)19-18-9)20(2)14-6-11-10(8-17-14)4-3-5-16-11/h3-8H,1-2H3,(H2,15,19). The number of nitrogens with zero attached hydrogens (tertiary/aromatic N) is 5. The minimum atomic E-state index is 0.386. The van der Waals surface area contributed by atoms with Crippen LogP contribution in [0, 0.1) is 6.92 Å². The smallest absolute Gasteiger partial charge is 0.148 e. The highest BCUT2D eigenvalue weighted by Crippen LogP contribution is 2.26. The van der Waals surface area contributed by atoms with Crippen molar-refractivity contribution in [3.05, 3.63) is 42.4 Å². The van der Waals surface area contributed by atoms with Gasteiger partial charge in [-0.15, -0.1) is 5.10 Å². The summed E-state index contributed by atoms with van der Waals surface area (Å²) >= 11 is 0. The van der Waals surface area contributed by atoms with Crippen molar-refractivity contribution < 1.29 is 0 Å². The van der Waals surface area contributed by atoms with Crippen molar-refractivity contribution in [2.24, 2.45) is 0 Å². The lowest BCUT2D eigenvalue weighted by Gasteiger charge is -2.19. The molecule has 3 rings (SSSR count). The topological polar surface area (TPSA) is 80.8 Å². The number of nitrogens with two attached hydrogens (primary N) is 1. The molecule has 6 nitrogen and oxygen atoms in total. The maximum Gasteiger partial charge on any atom is 0.148 e. The number of pyridine rings is 2. The van der Waals surface area contributed by atoms with Crippen LogP contribution in [0.1, 0.15) is 5.69 Å². The molecule has 0 atom stereocenters. The Morgan fingerprint density at radius 2 is 2.00 bits per heavy atom. The Labute approximate surface area is 116 Å². The summed E-state index contributed by atoms with van der Waals surface area (Å²) in [5.41, 5.74) is 8.27. The zero-order chi connectivity index (χ0) is 14.1. The van der Waals surface area contributed by atoms with Crippen LogP contribution in [0.4, 0.5) is 17.3 Å². The van der Waals surface area contributed by atoms with Crippen molar-refractivity contribution in [2.75, 3.05) is 17.7 Å². The Morgan fingerprint density at radius 1 is 1.15 bits per heavy atom. The van der Waals surface area contributed by atoms with E-state index in [-0.39, 0.29) is 0 Å². The van der Waals surface area contributed by atoms with Gasteiger partial charge in [-0.1, -0.05) is 0 Å². The zero-order valence-corrected chi connectivity index (χ0v) is 11.3. The van der Waals surface area contributed by atoms with Gasteiger partial charge in [-0.25, -0.2) is 4.98 Å². The SMILES string of the molecule is Cc1nnc(N)cc1N(C)c1cc2ncccc2cn1. The second kappa shape index (κ2) is 4.73. The van der Waals surface area contributed by atoms with Gasteiger partial charge in [0.05, 0.1) is 16.9 Å². The van der Waals surface area contributed by atoms with Gasteiger partial charge in [0.25, 0.3) is 0 Å². The lowest BCUT2D eigenvalue weighted by molar-refractivity contribution is 0.970. The first-order chi connectivity index (χ1) is 9.65. The average molecular weight is 266 g/mol. The molecule has 3 aromatic heterocycles. The molecular weight excluding hydrogens is 252 g/mol. The van der Waals surface area contributed by atoms with E-state index in [0.717, 1.165) is 28.1 Å². The molecule has 3 aromatic rings. The summed E-state index contributed by atoms with van der Waals surface area (Å²) in [7, 11) is 1.92. The van der Waals surface area contributed by atoms with Crippen molar-refractivity contribution in [1.82, 2.24) is 20.2 Å². The predicted molar refractivity (Wildman–Crippen MR) is 78.8 cm³/mol. The number of fused-ring (bicyclic) bond motifs is 1. The van der Waals surface area contributed by atoms with E-state index in [1.165, 1.54) is 0 Å². The number of hydrogen-bond donors (Lipinski definition) is 1. The maximum absolute atomic E-state index is 5.70. The molecule has 0 aliphatic carbocycles. The second-order valence-electron chi connectivity index (χ2n) is 4.54. The Hall–Kier alpha value is -2.76. The van der Waals surface area contributed by atoms with Crippen molar-refractivity contribution in [2.45, 2.75) is 6.92 Å². The number of aryl methyl sites for hydroxylation is 1. The number of nitrogen functional groups attached to an aromatic ring is 1. The van der Waals surface area contributed by atoms with E-state index in [9.17, 15) is 0 Å². The molecule has 0 aromatic carbocycles. The van der Waals surface area contributed by atoms with E-state index in [2.05, 4.69) is 20.2 Å². The molecule has 0 saturated heterocycles. The van der Waals surface area contributed by atoms with E-state index in [1.807, 2.05) is 43.3 Å². The molecular formula is C14H14N6. The third kappa shape index (κ3) is 2.11. The van der Waals surface area contributed by atoms with Gasteiger partial charge < -0.3 is 10.6 Å². The minimum absolute atomic E-state index is 0.386. The Morgan fingerprint density at radius 3 is 2.85 bits per heavy atom. The zero-order valence-electron chi connectivity index (χ0n) is 11.3. The lowest BCUT2D eigenvalue weighted by Crippen LogP contribution is -2.14. The fourth-order valence-electron chi connectivity index (χ4n) is 2.06. The molecule has 0 radical (unpaired) electrons. The van der Waals surface area contributed by atoms with Gasteiger partial charge in [-0.2, -0.15) is 5.10 Å². The molecule has 0 aliphatic heterocycles. The maximum atomic E-state index is 5.70. The van der Waals surface area contributed by atoms with Crippen LogP contribution < -0.4 is 10.6 Å². The molecule has 0 fully saturated rings. The van der Waals surface area contributed by atoms with Crippen LogP contribution in [0.25, 0.3) is 10.9 Å². The van der Waals surface area contributed by atoms with E-state index < -0.39 is 0 Å². The van der Waals surface area contributed by atoms with Crippen LogP contribution >= 0.6 is 0 Å². The molecule has 20 heavy (non-hydrogen) atoms. The molecule has 0 unspecified atom stereocenters. The summed E-state index contributed by atoms with van der Waals surface area (Å²) in [5, 5.41) is 8.87. The Kier molecular flexibility index (Phi) is 2.90. The van der Waals surface area contributed by atoms with Crippen molar-refractivity contribution in [3.8, 4) is 0 Å². The fourth-order valence-corrected chi connectivity index (χ4v) is 2.06. The Balaban J connectivity index is 2.07. The summed E-state index contributed by atoms with van der Waals surface area (Å²) in [5.74, 6) is 1.17. The summed E-state index contributed by atoms with van der Waals surface area (Å²) in [4.78, 5) is 10.7. The van der Waals surface area contributed by atoms with E-state index in [0.29, 0.717) is 5.82 Å². The van der Waals surface area contributed by atoms with Gasteiger partial charge >= 0.3 is 0 Å². The normalized spacial score (nSPS) is 10.7. The fraction of sp³-hybridized carbons (Fsp3) is 0.143. The molecule has 0 bridgehead atoms. The monoisotopic (exact) mass is 266 g/mol. The van der Waals surface area contributed by atoms with E-state index in [4.69, 9.17) is 5.73 Å².